The Morgan fingerprint density at radius 3 is 2.25 bits per heavy atom. The van der Waals surface area contributed by atoms with Gasteiger partial charge in [0.25, 0.3) is 0 Å². The number of carbonyl (C=O) groups is 2. The predicted octanol–water partition coefficient (Wildman–Crippen LogP) is 5.41. The van der Waals surface area contributed by atoms with Crippen LogP contribution in [0.1, 0.15) is 58.4 Å². The van der Waals surface area contributed by atoms with Crippen LogP contribution in [-0.2, 0) is 16.1 Å². The second-order valence-corrected chi connectivity index (χ2v) is 10.4. The molecule has 0 saturated carbocycles. The fraction of sp³-hybridized carbons (Fsp3) is 0.517. The number of nitrogens with one attached hydrogen (secondary N) is 1. The largest absolute Gasteiger partial charge is 0.457 e. The number of para-hydroxylation sites is 1. The SMILES string of the molecule is CCCCN1C(=O)[C@H](CC(C)C)NC(=O)C12CCN(Cc1ccc(Oc3ccccc3)cc1)CC2.Cl. The fourth-order valence-electron chi connectivity index (χ4n) is 5.27. The summed E-state index contributed by atoms with van der Waals surface area (Å²) in [6.07, 6.45) is 3.98. The molecule has 2 aromatic rings. The minimum absolute atomic E-state index is 0. The molecule has 0 bridgehead atoms. The number of piperidine rings is 1. The lowest BCUT2D eigenvalue weighted by Crippen LogP contribution is -2.73. The summed E-state index contributed by atoms with van der Waals surface area (Å²) in [6.45, 7) is 9.40. The predicted molar refractivity (Wildman–Crippen MR) is 145 cm³/mol. The van der Waals surface area contributed by atoms with Crippen molar-refractivity contribution in [2.75, 3.05) is 19.6 Å². The third-order valence-corrected chi connectivity index (χ3v) is 7.24. The summed E-state index contributed by atoms with van der Waals surface area (Å²) in [6, 6.07) is 17.6. The molecule has 0 radical (unpaired) electrons. The van der Waals surface area contributed by atoms with Crippen LogP contribution in [0.2, 0.25) is 0 Å². The summed E-state index contributed by atoms with van der Waals surface area (Å²) >= 11 is 0. The molecular weight excluding hydrogens is 474 g/mol. The first kappa shape index (κ1) is 28.0. The van der Waals surface area contributed by atoms with Gasteiger partial charge in [0.2, 0.25) is 11.8 Å². The Balaban J connectivity index is 0.00000361. The standard InChI is InChI=1S/C29H39N3O3.ClH/c1-4-5-17-32-27(33)26(20-22(2)3)30-28(34)29(32)15-18-31(19-16-29)21-23-11-13-25(14-12-23)35-24-9-7-6-8-10-24;/h6-14,22,26H,4-5,15-21H2,1-3H3,(H,30,34);1H/t26-;/m0./s1. The van der Waals surface area contributed by atoms with E-state index in [9.17, 15) is 9.59 Å². The van der Waals surface area contributed by atoms with Crippen LogP contribution in [0.4, 0.5) is 0 Å². The molecule has 36 heavy (non-hydrogen) atoms. The first-order chi connectivity index (χ1) is 16.9. The number of amides is 2. The van der Waals surface area contributed by atoms with Gasteiger partial charge in [0.1, 0.15) is 23.1 Å². The summed E-state index contributed by atoms with van der Waals surface area (Å²) < 4.78 is 5.90. The topological polar surface area (TPSA) is 61.9 Å². The Hall–Kier alpha value is -2.57. The Morgan fingerprint density at radius 1 is 1.00 bits per heavy atom. The molecule has 7 heteroatoms. The molecule has 1 spiro atoms. The number of unbranched alkanes of at least 4 members (excludes halogenated alkanes) is 1. The molecule has 0 unspecified atom stereocenters. The van der Waals surface area contributed by atoms with Gasteiger partial charge in [-0.2, -0.15) is 0 Å². The van der Waals surface area contributed by atoms with Crippen LogP contribution in [0.3, 0.4) is 0 Å². The van der Waals surface area contributed by atoms with Crippen molar-refractivity contribution in [3.8, 4) is 11.5 Å². The number of rotatable bonds is 9. The van der Waals surface area contributed by atoms with Crippen LogP contribution < -0.4 is 10.1 Å². The lowest BCUT2D eigenvalue weighted by atomic mass is 9.80. The lowest BCUT2D eigenvalue weighted by Gasteiger charge is -2.52. The van der Waals surface area contributed by atoms with E-state index in [1.54, 1.807) is 0 Å². The van der Waals surface area contributed by atoms with Gasteiger partial charge in [0, 0.05) is 26.2 Å². The summed E-state index contributed by atoms with van der Waals surface area (Å²) in [7, 11) is 0. The average Bonchev–Trinajstić information content (AvgIpc) is 2.85. The molecule has 0 aliphatic carbocycles. The molecule has 2 fully saturated rings. The Bertz CT molecular complexity index is 989. The molecule has 1 atom stereocenters. The summed E-state index contributed by atoms with van der Waals surface area (Å²) in [5, 5.41) is 3.09. The Morgan fingerprint density at radius 2 is 1.64 bits per heavy atom. The summed E-state index contributed by atoms with van der Waals surface area (Å²) in [5.74, 6) is 2.15. The van der Waals surface area contributed by atoms with Crippen LogP contribution >= 0.6 is 12.4 Å². The highest BCUT2D eigenvalue weighted by Gasteiger charge is 2.53. The van der Waals surface area contributed by atoms with E-state index in [1.807, 2.05) is 47.4 Å². The van der Waals surface area contributed by atoms with Gasteiger partial charge in [0.15, 0.2) is 0 Å². The van der Waals surface area contributed by atoms with Crippen molar-refractivity contribution in [2.24, 2.45) is 5.92 Å². The van der Waals surface area contributed by atoms with E-state index in [-0.39, 0.29) is 30.3 Å². The number of likely N-dealkylation sites (tertiary alicyclic amines) is 1. The number of ether oxygens (including phenoxy) is 1. The van der Waals surface area contributed by atoms with Crippen molar-refractivity contribution < 1.29 is 14.3 Å². The first-order valence-corrected chi connectivity index (χ1v) is 13.1. The van der Waals surface area contributed by atoms with E-state index >= 15 is 0 Å². The van der Waals surface area contributed by atoms with Gasteiger partial charge >= 0.3 is 0 Å². The molecule has 2 aliphatic rings. The van der Waals surface area contributed by atoms with Crippen molar-refractivity contribution in [1.29, 1.82) is 0 Å². The van der Waals surface area contributed by atoms with Crippen LogP contribution in [0.5, 0.6) is 11.5 Å². The van der Waals surface area contributed by atoms with Gasteiger partial charge in [-0.05, 0) is 61.4 Å². The van der Waals surface area contributed by atoms with Crippen LogP contribution in [-0.4, -0.2) is 52.8 Å². The van der Waals surface area contributed by atoms with E-state index in [4.69, 9.17) is 4.74 Å². The number of halogens is 1. The average molecular weight is 514 g/mol. The van der Waals surface area contributed by atoms with E-state index in [0.29, 0.717) is 31.7 Å². The molecule has 2 heterocycles. The van der Waals surface area contributed by atoms with Gasteiger partial charge in [-0.15, -0.1) is 12.4 Å². The minimum Gasteiger partial charge on any atom is -0.457 e. The molecular formula is C29H40ClN3O3. The number of hydrogen-bond acceptors (Lipinski definition) is 4. The molecule has 2 aromatic carbocycles. The van der Waals surface area contributed by atoms with Crippen LogP contribution in [0.15, 0.2) is 54.6 Å². The van der Waals surface area contributed by atoms with Gasteiger partial charge in [-0.1, -0.05) is 57.5 Å². The Kier molecular flexibility index (Phi) is 9.80. The monoisotopic (exact) mass is 513 g/mol. The van der Waals surface area contributed by atoms with E-state index in [2.05, 4.69) is 43.1 Å². The number of carbonyl (C=O) groups excluding carboxylic acids is 2. The lowest BCUT2D eigenvalue weighted by molar-refractivity contribution is -0.161. The normalized spacial score (nSPS) is 19.8. The van der Waals surface area contributed by atoms with Crippen molar-refractivity contribution >= 4 is 24.2 Å². The summed E-state index contributed by atoms with van der Waals surface area (Å²) in [5.41, 5.74) is 0.509. The van der Waals surface area contributed by atoms with E-state index in [1.165, 1.54) is 5.56 Å². The van der Waals surface area contributed by atoms with Crippen LogP contribution in [0.25, 0.3) is 0 Å². The molecule has 196 valence electrons. The van der Waals surface area contributed by atoms with Crippen LogP contribution in [0, 0.1) is 5.92 Å². The molecule has 0 aromatic heterocycles. The zero-order valence-electron chi connectivity index (χ0n) is 21.7. The fourth-order valence-corrected chi connectivity index (χ4v) is 5.27. The van der Waals surface area contributed by atoms with E-state index in [0.717, 1.165) is 44.0 Å². The van der Waals surface area contributed by atoms with Gasteiger partial charge in [0.05, 0.1) is 0 Å². The number of benzene rings is 2. The van der Waals surface area contributed by atoms with Crippen molar-refractivity contribution in [3.05, 3.63) is 60.2 Å². The smallest absolute Gasteiger partial charge is 0.246 e. The van der Waals surface area contributed by atoms with Gasteiger partial charge < -0.3 is 15.0 Å². The van der Waals surface area contributed by atoms with Crippen molar-refractivity contribution in [1.82, 2.24) is 15.1 Å². The zero-order chi connectivity index (χ0) is 24.8. The van der Waals surface area contributed by atoms with Crippen molar-refractivity contribution in [2.45, 2.75) is 71.0 Å². The van der Waals surface area contributed by atoms with E-state index < -0.39 is 5.54 Å². The molecule has 2 saturated heterocycles. The quantitative estimate of drug-likeness (QED) is 0.487. The zero-order valence-corrected chi connectivity index (χ0v) is 22.6. The highest BCUT2D eigenvalue weighted by atomic mass is 35.5. The molecule has 2 aliphatic heterocycles. The van der Waals surface area contributed by atoms with Gasteiger partial charge in [-0.3, -0.25) is 14.5 Å². The number of nitrogens with zero attached hydrogens (tertiary/aromatic N) is 2. The minimum atomic E-state index is -0.705. The second-order valence-electron chi connectivity index (χ2n) is 10.4. The third-order valence-electron chi connectivity index (χ3n) is 7.24. The maximum atomic E-state index is 13.4. The maximum absolute atomic E-state index is 13.4. The van der Waals surface area contributed by atoms with Crippen molar-refractivity contribution in [3.63, 3.8) is 0 Å². The second kappa shape index (κ2) is 12.6. The Labute approximate surface area is 221 Å². The highest BCUT2D eigenvalue weighted by Crippen LogP contribution is 2.35. The molecule has 1 N–H and O–H groups in total. The number of hydrogen-bond donors (Lipinski definition) is 1. The third kappa shape index (κ3) is 6.40. The molecule has 4 rings (SSSR count). The van der Waals surface area contributed by atoms with Gasteiger partial charge in [-0.25, -0.2) is 0 Å². The first-order valence-electron chi connectivity index (χ1n) is 13.1. The molecule has 6 nitrogen and oxygen atoms in total. The molecule has 2 amide bonds. The number of piperazine rings is 1. The summed E-state index contributed by atoms with van der Waals surface area (Å²) in [4.78, 5) is 31.1. The maximum Gasteiger partial charge on any atom is 0.246 e. The highest BCUT2D eigenvalue weighted by molar-refractivity contribution is 6.00.